The number of carbonyl (C=O) groups is 1. The first kappa shape index (κ1) is 18.2. The minimum absolute atomic E-state index is 0.110. The minimum atomic E-state index is -0.277. The fourth-order valence-electron chi connectivity index (χ4n) is 2.45. The van der Waals surface area contributed by atoms with Crippen LogP contribution < -0.4 is 20.3 Å². The summed E-state index contributed by atoms with van der Waals surface area (Å²) in [5.74, 6) is 1.51. The van der Waals surface area contributed by atoms with Crippen LogP contribution >= 0.6 is 0 Å². The van der Waals surface area contributed by atoms with Crippen molar-refractivity contribution in [1.82, 2.24) is 9.97 Å². The van der Waals surface area contributed by atoms with Gasteiger partial charge in [0.1, 0.15) is 17.3 Å². The van der Waals surface area contributed by atoms with Gasteiger partial charge in [-0.15, -0.1) is 0 Å². The minimum Gasteiger partial charge on any atom is -0.497 e. The molecule has 0 aliphatic heterocycles. The molecular weight excluding hydrogens is 346 g/mol. The lowest BCUT2D eigenvalue weighted by atomic mass is 10.2. The largest absolute Gasteiger partial charge is 0.497 e. The van der Waals surface area contributed by atoms with Crippen molar-refractivity contribution in [2.24, 2.45) is 0 Å². The maximum atomic E-state index is 12.0. The van der Waals surface area contributed by atoms with Gasteiger partial charge in [0.25, 0.3) is 11.5 Å². The van der Waals surface area contributed by atoms with Crippen LogP contribution in [-0.4, -0.2) is 29.6 Å². The zero-order valence-electron chi connectivity index (χ0n) is 15.0. The summed E-state index contributed by atoms with van der Waals surface area (Å²) in [5.41, 5.74) is 1.81. The Balaban J connectivity index is 1.58. The lowest BCUT2D eigenvalue weighted by Crippen LogP contribution is -2.20. The van der Waals surface area contributed by atoms with E-state index in [1.165, 1.54) is 6.07 Å². The van der Waals surface area contributed by atoms with E-state index in [-0.39, 0.29) is 18.1 Å². The summed E-state index contributed by atoms with van der Waals surface area (Å²) < 4.78 is 10.5. The molecule has 0 bridgehead atoms. The van der Waals surface area contributed by atoms with Crippen LogP contribution in [0.25, 0.3) is 11.4 Å². The zero-order chi connectivity index (χ0) is 19.2. The van der Waals surface area contributed by atoms with Crippen molar-refractivity contribution in [2.75, 3.05) is 19.0 Å². The van der Waals surface area contributed by atoms with Gasteiger partial charge in [0.05, 0.1) is 7.11 Å². The topological polar surface area (TPSA) is 93.3 Å². The quantitative estimate of drug-likeness (QED) is 0.701. The van der Waals surface area contributed by atoms with Gasteiger partial charge in [0.2, 0.25) is 0 Å². The van der Waals surface area contributed by atoms with E-state index in [0.29, 0.717) is 23.0 Å². The first-order valence-corrected chi connectivity index (χ1v) is 8.28. The van der Waals surface area contributed by atoms with Crippen molar-refractivity contribution in [1.29, 1.82) is 0 Å². The van der Waals surface area contributed by atoms with E-state index >= 15 is 0 Å². The molecule has 1 heterocycles. The number of nitrogens with one attached hydrogen (secondary N) is 2. The molecule has 1 aromatic heterocycles. The van der Waals surface area contributed by atoms with E-state index in [0.717, 1.165) is 11.3 Å². The molecule has 27 heavy (non-hydrogen) atoms. The molecule has 0 saturated carbocycles. The van der Waals surface area contributed by atoms with E-state index in [2.05, 4.69) is 15.3 Å². The molecule has 2 N–H and O–H groups in total. The van der Waals surface area contributed by atoms with Gasteiger partial charge in [0.15, 0.2) is 6.61 Å². The molecule has 3 rings (SSSR count). The number of aryl methyl sites for hydroxylation is 1. The van der Waals surface area contributed by atoms with Crippen molar-refractivity contribution in [3.05, 3.63) is 70.6 Å². The molecule has 2 aromatic carbocycles. The highest BCUT2D eigenvalue weighted by Gasteiger charge is 2.06. The number of carbonyl (C=O) groups excluding carboxylic acids is 1. The average molecular weight is 365 g/mol. The number of methoxy groups -OCH3 is 1. The molecule has 138 valence electrons. The van der Waals surface area contributed by atoms with Crippen LogP contribution in [0.4, 0.5) is 5.69 Å². The van der Waals surface area contributed by atoms with Crippen molar-refractivity contribution < 1.29 is 14.3 Å². The van der Waals surface area contributed by atoms with E-state index in [1.54, 1.807) is 62.6 Å². The number of amides is 1. The lowest BCUT2D eigenvalue weighted by Gasteiger charge is -2.09. The van der Waals surface area contributed by atoms with Gasteiger partial charge in [-0.3, -0.25) is 9.59 Å². The standard InChI is InChI=1S/C20H19N3O4/c1-13-11-18(24)23-20(21-13)14-3-5-15(6-4-14)22-19(25)12-27-17-9-7-16(26-2)8-10-17/h3-11H,12H2,1-2H3,(H,22,25)(H,21,23,24). The number of rotatable bonds is 6. The predicted molar refractivity (Wildman–Crippen MR) is 102 cm³/mol. The Morgan fingerprint density at radius 1 is 1.07 bits per heavy atom. The van der Waals surface area contributed by atoms with E-state index in [9.17, 15) is 9.59 Å². The van der Waals surface area contributed by atoms with Gasteiger partial charge >= 0.3 is 0 Å². The van der Waals surface area contributed by atoms with Crippen LogP contribution in [0.5, 0.6) is 11.5 Å². The second kappa shape index (κ2) is 8.18. The van der Waals surface area contributed by atoms with Crippen LogP contribution in [0.2, 0.25) is 0 Å². The summed E-state index contributed by atoms with van der Waals surface area (Å²) in [4.78, 5) is 30.6. The molecule has 7 nitrogen and oxygen atoms in total. The van der Waals surface area contributed by atoms with Crippen LogP contribution in [-0.2, 0) is 4.79 Å². The van der Waals surface area contributed by atoms with Gasteiger partial charge in [-0.1, -0.05) is 0 Å². The Kier molecular flexibility index (Phi) is 5.51. The average Bonchev–Trinajstić information content (AvgIpc) is 2.66. The summed E-state index contributed by atoms with van der Waals surface area (Å²) in [6.45, 7) is 1.65. The maximum Gasteiger partial charge on any atom is 0.262 e. The molecule has 0 aliphatic rings. The number of hydrogen-bond acceptors (Lipinski definition) is 5. The normalized spacial score (nSPS) is 10.3. The summed E-state index contributed by atoms with van der Waals surface area (Å²) >= 11 is 0. The van der Waals surface area contributed by atoms with Gasteiger partial charge in [0, 0.05) is 23.0 Å². The Labute approximate surface area is 156 Å². The fraction of sp³-hybridized carbons (Fsp3) is 0.150. The monoisotopic (exact) mass is 365 g/mol. The van der Waals surface area contributed by atoms with E-state index < -0.39 is 0 Å². The first-order chi connectivity index (χ1) is 13.0. The second-order valence-corrected chi connectivity index (χ2v) is 5.83. The van der Waals surface area contributed by atoms with Crippen molar-refractivity contribution in [2.45, 2.75) is 6.92 Å². The second-order valence-electron chi connectivity index (χ2n) is 5.83. The molecule has 0 fully saturated rings. The van der Waals surface area contributed by atoms with E-state index in [1.807, 2.05) is 0 Å². The van der Waals surface area contributed by atoms with Gasteiger partial charge in [-0.2, -0.15) is 0 Å². The highest BCUT2D eigenvalue weighted by atomic mass is 16.5. The fourth-order valence-corrected chi connectivity index (χ4v) is 2.45. The van der Waals surface area contributed by atoms with Crippen LogP contribution in [0, 0.1) is 6.92 Å². The Morgan fingerprint density at radius 3 is 2.37 bits per heavy atom. The number of benzene rings is 2. The first-order valence-electron chi connectivity index (χ1n) is 8.28. The third-order valence-corrected chi connectivity index (χ3v) is 3.74. The maximum absolute atomic E-state index is 12.0. The van der Waals surface area contributed by atoms with Gasteiger partial charge < -0.3 is 19.8 Å². The third-order valence-electron chi connectivity index (χ3n) is 3.74. The Hall–Kier alpha value is -3.61. The van der Waals surface area contributed by atoms with Gasteiger partial charge in [-0.25, -0.2) is 4.98 Å². The Morgan fingerprint density at radius 2 is 1.74 bits per heavy atom. The molecule has 0 saturated heterocycles. The van der Waals surface area contributed by atoms with E-state index in [4.69, 9.17) is 9.47 Å². The number of anilines is 1. The summed E-state index contributed by atoms with van der Waals surface area (Å²) in [6, 6.07) is 15.4. The predicted octanol–water partition coefficient (Wildman–Crippen LogP) is 2.77. The smallest absolute Gasteiger partial charge is 0.262 e. The molecule has 0 spiro atoms. The highest BCUT2D eigenvalue weighted by molar-refractivity contribution is 5.92. The van der Waals surface area contributed by atoms with Crippen LogP contribution in [0.3, 0.4) is 0 Å². The molecule has 7 heteroatoms. The summed E-state index contributed by atoms with van der Waals surface area (Å²) in [7, 11) is 1.58. The third kappa shape index (κ3) is 4.94. The van der Waals surface area contributed by atoms with Crippen LogP contribution in [0.15, 0.2) is 59.4 Å². The zero-order valence-corrected chi connectivity index (χ0v) is 15.0. The molecule has 0 aliphatic carbocycles. The number of ether oxygens (including phenoxy) is 2. The van der Waals surface area contributed by atoms with Crippen molar-refractivity contribution in [3.8, 4) is 22.9 Å². The number of H-pyrrole nitrogens is 1. The number of hydrogen-bond donors (Lipinski definition) is 2. The lowest BCUT2D eigenvalue weighted by molar-refractivity contribution is -0.118. The molecule has 0 atom stereocenters. The van der Waals surface area contributed by atoms with Crippen molar-refractivity contribution >= 4 is 11.6 Å². The number of aromatic amines is 1. The summed E-state index contributed by atoms with van der Waals surface area (Å²) in [5, 5.41) is 2.76. The molecule has 3 aromatic rings. The number of aromatic nitrogens is 2. The van der Waals surface area contributed by atoms with Gasteiger partial charge in [-0.05, 0) is 55.5 Å². The molecule has 1 amide bonds. The highest BCUT2D eigenvalue weighted by Crippen LogP contribution is 2.18. The van der Waals surface area contributed by atoms with Crippen LogP contribution in [0.1, 0.15) is 5.69 Å². The van der Waals surface area contributed by atoms with Crippen molar-refractivity contribution in [3.63, 3.8) is 0 Å². The molecular formula is C20H19N3O4. The summed E-state index contributed by atoms with van der Waals surface area (Å²) in [6.07, 6.45) is 0. The number of nitrogens with zero attached hydrogens (tertiary/aromatic N) is 1. The molecule has 0 unspecified atom stereocenters. The SMILES string of the molecule is COc1ccc(OCC(=O)Nc2ccc(-c3nc(C)cc(=O)[nH]3)cc2)cc1. The Bertz CT molecular complexity index is 979. The molecule has 0 radical (unpaired) electrons.